The molecule has 0 radical (unpaired) electrons. The van der Waals surface area contributed by atoms with Crippen LogP contribution < -0.4 is 5.32 Å². The number of ether oxygens (including phenoxy) is 1. The van der Waals surface area contributed by atoms with Gasteiger partial charge in [0.1, 0.15) is 5.60 Å². The number of hydrogen-bond donors (Lipinski definition) is 1. The second-order valence-corrected chi connectivity index (χ2v) is 9.94. The molecule has 0 bridgehead atoms. The molecule has 170 valence electrons. The maximum absolute atomic E-state index is 12.6. The van der Waals surface area contributed by atoms with Gasteiger partial charge in [0.25, 0.3) is 0 Å². The van der Waals surface area contributed by atoms with Gasteiger partial charge in [0, 0.05) is 23.1 Å². The number of hydrogen-bond acceptors (Lipinski definition) is 4. The first kappa shape index (κ1) is 22.7. The fraction of sp³-hybridized carbons (Fsp3) is 0.417. The third-order valence-corrected chi connectivity index (χ3v) is 6.10. The van der Waals surface area contributed by atoms with Crippen LogP contribution in [-0.4, -0.2) is 45.3 Å². The highest BCUT2D eigenvalue weighted by Crippen LogP contribution is 2.27. The van der Waals surface area contributed by atoms with Gasteiger partial charge in [-0.05, 0) is 69.5 Å². The molecule has 0 saturated carbocycles. The van der Waals surface area contributed by atoms with E-state index < -0.39 is 5.60 Å². The summed E-state index contributed by atoms with van der Waals surface area (Å²) < 4.78 is 7.69. The number of carbonyl (C=O) groups excluding carboxylic acids is 1. The molecule has 2 heterocycles. The van der Waals surface area contributed by atoms with Crippen LogP contribution in [0.3, 0.4) is 0 Å². The Kier molecular flexibility index (Phi) is 6.54. The van der Waals surface area contributed by atoms with Crippen LogP contribution in [0.1, 0.15) is 39.2 Å². The minimum Gasteiger partial charge on any atom is -0.444 e. The Morgan fingerprint density at radius 2 is 2.00 bits per heavy atom. The van der Waals surface area contributed by atoms with Crippen LogP contribution in [0.25, 0.3) is 11.0 Å². The molecule has 0 spiro atoms. The number of aromatic nitrogens is 2. The molecule has 1 saturated heterocycles. The van der Waals surface area contributed by atoms with Crippen molar-refractivity contribution in [1.29, 1.82) is 0 Å². The molecule has 3 aromatic rings. The van der Waals surface area contributed by atoms with Crippen LogP contribution in [0.15, 0.2) is 42.5 Å². The van der Waals surface area contributed by atoms with Gasteiger partial charge in [-0.2, -0.15) is 0 Å². The number of amides is 1. The van der Waals surface area contributed by atoms with Gasteiger partial charge in [-0.15, -0.1) is 0 Å². The van der Waals surface area contributed by atoms with Crippen LogP contribution in [0, 0.1) is 0 Å². The van der Waals surface area contributed by atoms with Gasteiger partial charge in [-0.1, -0.05) is 35.3 Å². The summed E-state index contributed by atoms with van der Waals surface area (Å²) in [6, 6.07) is 13.5. The number of halogens is 2. The minimum atomic E-state index is -0.512. The van der Waals surface area contributed by atoms with E-state index in [0.29, 0.717) is 29.7 Å². The zero-order chi connectivity index (χ0) is 22.9. The lowest BCUT2D eigenvalue weighted by molar-refractivity contribution is 0.0235. The zero-order valence-corrected chi connectivity index (χ0v) is 20.1. The van der Waals surface area contributed by atoms with Crippen molar-refractivity contribution in [2.75, 3.05) is 18.4 Å². The molecule has 32 heavy (non-hydrogen) atoms. The molecule has 1 N–H and O–H groups in total. The summed E-state index contributed by atoms with van der Waals surface area (Å²) in [5, 5.41) is 4.77. The lowest BCUT2D eigenvalue weighted by Gasteiger charge is -2.28. The summed E-state index contributed by atoms with van der Waals surface area (Å²) in [6.07, 6.45) is 1.62. The number of nitrogens with one attached hydrogen (secondary N) is 1. The van der Waals surface area contributed by atoms with E-state index >= 15 is 0 Å². The molecule has 2 aromatic carbocycles. The summed E-state index contributed by atoms with van der Waals surface area (Å²) >= 11 is 12.6. The molecule has 0 aliphatic carbocycles. The quantitative estimate of drug-likeness (QED) is 0.477. The Hall–Kier alpha value is -2.44. The van der Waals surface area contributed by atoms with E-state index in [9.17, 15) is 4.79 Å². The Morgan fingerprint density at radius 1 is 1.22 bits per heavy atom. The molecule has 1 aromatic heterocycles. The number of nitrogens with zero attached hydrogens (tertiary/aromatic N) is 3. The van der Waals surface area contributed by atoms with E-state index in [2.05, 4.69) is 9.88 Å². The van der Waals surface area contributed by atoms with Crippen molar-refractivity contribution in [3.8, 4) is 0 Å². The minimum absolute atomic E-state index is 0.0490. The molecule has 1 fully saturated rings. The average molecular weight is 475 g/mol. The van der Waals surface area contributed by atoms with Gasteiger partial charge in [-0.25, -0.2) is 9.78 Å². The van der Waals surface area contributed by atoms with E-state index in [4.69, 9.17) is 32.9 Å². The van der Waals surface area contributed by atoms with E-state index in [-0.39, 0.29) is 12.1 Å². The first-order chi connectivity index (χ1) is 15.2. The Morgan fingerprint density at radius 3 is 2.78 bits per heavy atom. The van der Waals surface area contributed by atoms with Gasteiger partial charge in [0.15, 0.2) is 0 Å². The number of para-hydroxylation sites is 2. The SMILES string of the molecule is CC(C)(C)OC(=O)N1CCCC1CNc1nc2ccccc2n1Cc1cc(Cl)ccc1Cl. The molecule has 4 rings (SSSR count). The third-order valence-electron chi connectivity index (χ3n) is 5.49. The van der Waals surface area contributed by atoms with Gasteiger partial charge < -0.3 is 19.5 Å². The molecule has 1 aliphatic heterocycles. The third kappa shape index (κ3) is 5.13. The first-order valence-corrected chi connectivity index (χ1v) is 11.6. The highest BCUT2D eigenvalue weighted by atomic mass is 35.5. The van der Waals surface area contributed by atoms with Crippen molar-refractivity contribution in [3.63, 3.8) is 0 Å². The number of anilines is 1. The van der Waals surface area contributed by atoms with Gasteiger partial charge in [0.05, 0.1) is 23.6 Å². The maximum Gasteiger partial charge on any atom is 0.410 e. The number of carbonyl (C=O) groups is 1. The molecule has 8 heteroatoms. The maximum atomic E-state index is 12.6. The number of imidazole rings is 1. The molecule has 1 unspecified atom stereocenters. The van der Waals surface area contributed by atoms with Crippen molar-refractivity contribution >= 4 is 46.3 Å². The fourth-order valence-electron chi connectivity index (χ4n) is 4.02. The van der Waals surface area contributed by atoms with Crippen molar-refractivity contribution in [2.45, 2.75) is 51.8 Å². The predicted octanol–water partition coefficient (Wildman–Crippen LogP) is 6.20. The van der Waals surface area contributed by atoms with Gasteiger partial charge in [0.2, 0.25) is 5.95 Å². The van der Waals surface area contributed by atoms with Gasteiger partial charge in [-0.3, -0.25) is 0 Å². The zero-order valence-electron chi connectivity index (χ0n) is 18.6. The van der Waals surface area contributed by atoms with Crippen LogP contribution in [-0.2, 0) is 11.3 Å². The molecular formula is C24H28Cl2N4O2. The Labute approximate surface area is 198 Å². The predicted molar refractivity (Wildman–Crippen MR) is 130 cm³/mol. The highest BCUT2D eigenvalue weighted by Gasteiger charge is 2.32. The monoisotopic (exact) mass is 474 g/mol. The summed E-state index contributed by atoms with van der Waals surface area (Å²) in [5.41, 5.74) is 2.30. The van der Waals surface area contributed by atoms with Crippen LogP contribution in [0.5, 0.6) is 0 Å². The van der Waals surface area contributed by atoms with E-state index in [1.807, 2.05) is 62.1 Å². The molecular weight excluding hydrogens is 447 g/mol. The normalized spacial score (nSPS) is 16.5. The van der Waals surface area contributed by atoms with Crippen LogP contribution in [0.2, 0.25) is 10.0 Å². The number of rotatable bonds is 5. The summed E-state index contributed by atoms with van der Waals surface area (Å²) in [4.78, 5) is 19.2. The lowest BCUT2D eigenvalue weighted by atomic mass is 10.2. The van der Waals surface area contributed by atoms with Gasteiger partial charge >= 0.3 is 6.09 Å². The first-order valence-electron chi connectivity index (χ1n) is 10.8. The number of fused-ring (bicyclic) bond motifs is 1. The van der Waals surface area contributed by atoms with Crippen molar-refractivity contribution in [3.05, 3.63) is 58.1 Å². The average Bonchev–Trinajstić information content (AvgIpc) is 3.33. The Balaban J connectivity index is 1.56. The second-order valence-electron chi connectivity index (χ2n) is 9.10. The fourth-order valence-corrected chi connectivity index (χ4v) is 4.40. The van der Waals surface area contributed by atoms with Crippen LogP contribution in [0.4, 0.5) is 10.7 Å². The molecule has 1 aliphatic rings. The smallest absolute Gasteiger partial charge is 0.410 e. The summed E-state index contributed by atoms with van der Waals surface area (Å²) in [5.74, 6) is 0.735. The standard InChI is InChI=1S/C24H28Cl2N4O2/c1-24(2,3)32-23(31)29-12-6-7-18(29)14-27-22-28-20-8-4-5-9-21(20)30(22)15-16-13-17(25)10-11-19(16)26/h4-5,8-11,13,18H,6-7,12,14-15H2,1-3H3,(H,27,28). The lowest BCUT2D eigenvalue weighted by Crippen LogP contribution is -2.42. The Bertz CT molecular complexity index is 1120. The largest absolute Gasteiger partial charge is 0.444 e. The number of benzene rings is 2. The van der Waals surface area contributed by atoms with Crippen molar-refractivity contribution in [2.24, 2.45) is 0 Å². The van der Waals surface area contributed by atoms with Crippen molar-refractivity contribution < 1.29 is 9.53 Å². The molecule has 1 amide bonds. The molecule has 1 atom stereocenters. The second kappa shape index (κ2) is 9.20. The van der Waals surface area contributed by atoms with E-state index in [1.54, 1.807) is 6.07 Å². The highest BCUT2D eigenvalue weighted by molar-refractivity contribution is 6.33. The number of likely N-dealkylation sites (tertiary alicyclic amines) is 1. The summed E-state index contributed by atoms with van der Waals surface area (Å²) in [6.45, 7) is 7.48. The van der Waals surface area contributed by atoms with E-state index in [0.717, 1.165) is 35.4 Å². The van der Waals surface area contributed by atoms with Crippen LogP contribution >= 0.6 is 23.2 Å². The van der Waals surface area contributed by atoms with Crippen molar-refractivity contribution in [1.82, 2.24) is 14.5 Å². The van der Waals surface area contributed by atoms with E-state index in [1.165, 1.54) is 0 Å². The summed E-state index contributed by atoms with van der Waals surface area (Å²) in [7, 11) is 0. The topological polar surface area (TPSA) is 59.4 Å². The molecule has 6 nitrogen and oxygen atoms in total.